The van der Waals surface area contributed by atoms with Gasteiger partial charge in [-0.1, -0.05) is 66.7 Å². The minimum absolute atomic E-state index is 0.213. The number of nitrogens with zero attached hydrogens (tertiary/aromatic N) is 1. The lowest BCUT2D eigenvalue weighted by atomic mass is 10.0. The van der Waals surface area contributed by atoms with Gasteiger partial charge in [0.2, 0.25) is 0 Å². The van der Waals surface area contributed by atoms with Crippen molar-refractivity contribution in [1.29, 1.82) is 0 Å². The molecule has 0 atom stereocenters. The molecule has 0 saturated heterocycles. The van der Waals surface area contributed by atoms with Crippen molar-refractivity contribution in [2.45, 2.75) is 0 Å². The minimum Gasteiger partial charge on any atom is -0.497 e. The Morgan fingerprint density at radius 3 is 2.24 bits per heavy atom. The fourth-order valence-corrected chi connectivity index (χ4v) is 4.18. The van der Waals surface area contributed by atoms with Crippen LogP contribution in [-0.4, -0.2) is 26.0 Å². The fraction of sp³-hybridized carbons (Fsp3) is 0.0714. The molecule has 0 unspecified atom stereocenters. The zero-order chi connectivity index (χ0) is 23.7. The number of amides is 2. The second-order valence-corrected chi connectivity index (χ2v) is 7.75. The maximum absolute atomic E-state index is 13.8. The van der Waals surface area contributed by atoms with Crippen LogP contribution in [0.25, 0.3) is 16.3 Å². The van der Waals surface area contributed by atoms with E-state index in [1.165, 1.54) is 7.11 Å². The van der Waals surface area contributed by atoms with Gasteiger partial charge in [-0.05, 0) is 29.1 Å². The zero-order valence-corrected chi connectivity index (χ0v) is 18.7. The second-order valence-electron chi connectivity index (χ2n) is 7.75. The van der Waals surface area contributed by atoms with Gasteiger partial charge >= 0.3 is 0 Å². The van der Waals surface area contributed by atoms with E-state index in [1.54, 1.807) is 25.3 Å². The number of imide groups is 1. The molecule has 6 heteroatoms. The molecule has 2 amide bonds. The number of nitrogens with one attached hydrogen (secondary N) is 1. The molecule has 0 saturated carbocycles. The summed E-state index contributed by atoms with van der Waals surface area (Å²) in [5.74, 6) is 0.0348. The number of fused-ring (bicyclic) bond motifs is 1. The molecule has 0 spiro atoms. The van der Waals surface area contributed by atoms with Crippen LogP contribution in [0.2, 0.25) is 0 Å². The summed E-state index contributed by atoms with van der Waals surface area (Å²) in [5.41, 5.74) is 2.26. The number of ether oxygens (including phenoxy) is 2. The van der Waals surface area contributed by atoms with E-state index in [2.05, 4.69) is 5.32 Å². The number of methoxy groups -OCH3 is 2. The average Bonchev–Trinajstić information content (AvgIpc) is 3.13. The predicted octanol–water partition coefficient (Wildman–Crippen LogP) is 5.25. The van der Waals surface area contributed by atoms with E-state index >= 15 is 0 Å². The quantitative estimate of drug-likeness (QED) is 0.406. The van der Waals surface area contributed by atoms with E-state index in [9.17, 15) is 9.59 Å². The topological polar surface area (TPSA) is 67.9 Å². The highest BCUT2D eigenvalue weighted by Gasteiger charge is 2.41. The number of rotatable bonds is 6. The highest BCUT2D eigenvalue weighted by atomic mass is 16.5. The smallest absolute Gasteiger partial charge is 0.282 e. The fourth-order valence-electron chi connectivity index (χ4n) is 4.18. The number of hydrogen-bond donors (Lipinski definition) is 1. The maximum atomic E-state index is 13.8. The lowest BCUT2D eigenvalue weighted by Crippen LogP contribution is -2.32. The highest BCUT2D eigenvalue weighted by molar-refractivity contribution is 6.46. The molecule has 6 nitrogen and oxygen atoms in total. The van der Waals surface area contributed by atoms with E-state index in [0.717, 1.165) is 21.4 Å². The lowest BCUT2D eigenvalue weighted by molar-refractivity contribution is -0.120. The van der Waals surface area contributed by atoms with E-state index in [-0.39, 0.29) is 5.70 Å². The Labute approximate surface area is 197 Å². The van der Waals surface area contributed by atoms with Gasteiger partial charge in [0.05, 0.1) is 25.5 Å². The van der Waals surface area contributed by atoms with Gasteiger partial charge in [-0.15, -0.1) is 0 Å². The van der Waals surface area contributed by atoms with Gasteiger partial charge in [0, 0.05) is 17.1 Å². The van der Waals surface area contributed by atoms with Crippen molar-refractivity contribution in [3.05, 3.63) is 102 Å². The molecule has 1 aliphatic rings. The molecule has 5 rings (SSSR count). The van der Waals surface area contributed by atoms with Gasteiger partial charge in [-0.25, -0.2) is 4.90 Å². The standard InChI is InChI=1S/C28H22N2O4/c1-33-20-15-16-23(24(17-20)34-2)30-27(31)25(19-10-4-3-5-11-19)26(28(30)32)29-22-14-8-12-18-9-6-7-13-21(18)22/h3-17,29H,1-2H3. The van der Waals surface area contributed by atoms with Crippen molar-refractivity contribution in [1.82, 2.24) is 0 Å². The first kappa shape index (κ1) is 21.3. The molecule has 1 heterocycles. The Morgan fingerprint density at radius 1 is 0.735 bits per heavy atom. The SMILES string of the molecule is COc1ccc(N2C(=O)C(Nc3cccc4ccccc34)=C(c3ccccc3)C2=O)c(OC)c1. The van der Waals surface area contributed by atoms with Crippen molar-refractivity contribution in [2.75, 3.05) is 24.4 Å². The van der Waals surface area contributed by atoms with Gasteiger partial charge in [-0.2, -0.15) is 0 Å². The van der Waals surface area contributed by atoms with Crippen LogP contribution in [0.1, 0.15) is 5.56 Å². The molecule has 0 aromatic heterocycles. The minimum atomic E-state index is -0.458. The molecule has 168 valence electrons. The monoisotopic (exact) mass is 450 g/mol. The van der Waals surface area contributed by atoms with E-state index in [4.69, 9.17) is 9.47 Å². The first-order chi connectivity index (χ1) is 16.6. The molecule has 34 heavy (non-hydrogen) atoms. The molecule has 0 aliphatic carbocycles. The Morgan fingerprint density at radius 2 is 1.47 bits per heavy atom. The van der Waals surface area contributed by atoms with Crippen molar-refractivity contribution >= 4 is 39.5 Å². The summed E-state index contributed by atoms with van der Waals surface area (Å²) in [4.78, 5) is 28.6. The third-order valence-corrected chi connectivity index (χ3v) is 5.82. The number of benzene rings is 4. The lowest BCUT2D eigenvalue weighted by Gasteiger charge is -2.19. The van der Waals surface area contributed by atoms with E-state index < -0.39 is 11.8 Å². The van der Waals surface area contributed by atoms with Crippen LogP contribution >= 0.6 is 0 Å². The van der Waals surface area contributed by atoms with Crippen LogP contribution in [0.3, 0.4) is 0 Å². The molecule has 4 aromatic carbocycles. The Balaban J connectivity index is 1.65. The second kappa shape index (κ2) is 8.75. The largest absolute Gasteiger partial charge is 0.497 e. The highest BCUT2D eigenvalue weighted by Crippen LogP contribution is 2.40. The van der Waals surface area contributed by atoms with Crippen LogP contribution < -0.4 is 19.7 Å². The molecule has 4 aromatic rings. The normalized spacial score (nSPS) is 13.5. The van der Waals surface area contributed by atoms with Crippen LogP contribution in [0, 0.1) is 0 Å². The van der Waals surface area contributed by atoms with Crippen molar-refractivity contribution in [2.24, 2.45) is 0 Å². The maximum Gasteiger partial charge on any atom is 0.282 e. The van der Waals surface area contributed by atoms with E-state index in [0.29, 0.717) is 28.3 Å². The van der Waals surface area contributed by atoms with Crippen molar-refractivity contribution in [3.63, 3.8) is 0 Å². The van der Waals surface area contributed by atoms with Gasteiger partial charge < -0.3 is 14.8 Å². The Hall–Kier alpha value is -4.58. The summed E-state index contributed by atoms with van der Waals surface area (Å²) >= 11 is 0. The molecule has 0 bridgehead atoms. The number of carbonyl (C=O) groups excluding carboxylic acids is 2. The van der Waals surface area contributed by atoms with Gasteiger partial charge in [0.1, 0.15) is 17.2 Å². The Kier molecular flexibility index (Phi) is 5.47. The molecule has 1 aliphatic heterocycles. The number of hydrogen-bond acceptors (Lipinski definition) is 5. The first-order valence-electron chi connectivity index (χ1n) is 10.8. The molecule has 1 N–H and O–H groups in total. The van der Waals surface area contributed by atoms with Gasteiger partial charge in [-0.3, -0.25) is 9.59 Å². The number of carbonyl (C=O) groups is 2. The van der Waals surface area contributed by atoms with Crippen LogP contribution in [0.4, 0.5) is 11.4 Å². The summed E-state index contributed by atoms with van der Waals surface area (Å²) in [6.45, 7) is 0. The van der Waals surface area contributed by atoms with Crippen molar-refractivity contribution < 1.29 is 19.1 Å². The summed E-state index contributed by atoms with van der Waals surface area (Å²) in [6.07, 6.45) is 0. The molecular formula is C28H22N2O4. The predicted molar refractivity (Wildman–Crippen MR) is 133 cm³/mol. The van der Waals surface area contributed by atoms with Gasteiger partial charge in [0.25, 0.3) is 11.8 Å². The summed E-state index contributed by atoms with van der Waals surface area (Å²) in [6, 6.07) is 27.9. The van der Waals surface area contributed by atoms with Crippen molar-refractivity contribution in [3.8, 4) is 11.5 Å². The zero-order valence-electron chi connectivity index (χ0n) is 18.7. The summed E-state index contributed by atoms with van der Waals surface area (Å²) in [7, 11) is 3.03. The third kappa shape index (κ3) is 3.55. The molecule has 0 radical (unpaired) electrons. The Bertz CT molecular complexity index is 1440. The summed E-state index contributed by atoms with van der Waals surface area (Å²) < 4.78 is 10.8. The van der Waals surface area contributed by atoms with E-state index in [1.807, 2.05) is 72.8 Å². The molecule has 0 fully saturated rings. The van der Waals surface area contributed by atoms with Crippen LogP contribution in [-0.2, 0) is 9.59 Å². The van der Waals surface area contributed by atoms with Gasteiger partial charge in [0.15, 0.2) is 0 Å². The molecular weight excluding hydrogens is 428 g/mol. The summed E-state index contributed by atoms with van der Waals surface area (Å²) in [5, 5.41) is 5.25. The first-order valence-corrected chi connectivity index (χ1v) is 10.8. The average molecular weight is 450 g/mol. The van der Waals surface area contributed by atoms with Crippen LogP contribution in [0.5, 0.6) is 11.5 Å². The number of anilines is 2. The third-order valence-electron chi connectivity index (χ3n) is 5.82. The van der Waals surface area contributed by atoms with Crippen LogP contribution in [0.15, 0.2) is 96.7 Å².